The maximum absolute atomic E-state index is 5.48. The van der Waals surface area contributed by atoms with Gasteiger partial charge in [0.15, 0.2) is 17.5 Å². The topological polar surface area (TPSA) is 56.5 Å². The largest absolute Gasteiger partial charge is 0.309 e. The molecule has 0 aliphatic heterocycles. The summed E-state index contributed by atoms with van der Waals surface area (Å²) >= 11 is 1.80. The van der Waals surface area contributed by atoms with Crippen molar-refractivity contribution in [3.05, 3.63) is 200 Å². The van der Waals surface area contributed by atoms with Gasteiger partial charge in [-0.2, -0.15) is 0 Å². The molecule has 0 atom stereocenters. The minimum absolute atomic E-state index is 0.613. The molecule has 0 saturated carbocycles. The van der Waals surface area contributed by atoms with Crippen LogP contribution in [0.25, 0.3) is 115 Å². The molecule has 0 radical (unpaired) electrons. The quantitative estimate of drug-likeness (QED) is 0.169. The van der Waals surface area contributed by atoms with E-state index in [1.165, 1.54) is 47.4 Å². The van der Waals surface area contributed by atoms with Gasteiger partial charge in [0.25, 0.3) is 0 Å². The number of thiophene rings is 1. The van der Waals surface area contributed by atoms with Gasteiger partial charge >= 0.3 is 0 Å². The Kier molecular flexibility index (Phi) is 7.96. The smallest absolute Gasteiger partial charge is 0.164 e. The lowest BCUT2D eigenvalue weighted by Crippen LogP contribution is -2.00. The van der Waals surface area contributed by atoms with E-state index in [4.69, 9.17) is 19.9 Å². The van der Waals surface area contributed by atoms with E-state index in [-0.39, 0.29) is 0 Å². The summed E-state index contributed by atoms with van der Waals surface area (Å²) in [6.07, 6.45) is 0. The Bertz CT molecular complexity index is 3520. The summed E-state index contributed by atoms with van der Waals surface area (Å²) in [5.41, 5.74) is 11.5. The molecule has 0 aliphatic rings. The van der Waals surface area contributed by atoms with E-state index in [1.807, 2.05) is 30.3 Å². The Morgan fingerprint density at radius 1 is 0.350 bits per heavy atom. The van der Waals surface area contributed by atoms with Crippen molar-refractivity contribution in [3.63, 3.8) is 0 Å². The van der Waals surface area contributed by atoms with Crippen molar-refractivity contribution in [2.75, 3.05) is 0 Å². The Morgan fingerprint density at radius 3 is 1.47 bits per heavy atom. The fourth-order valence-electron chi connectivity index (χ4n) is 8.64. The van der Waals surface area contributed by atoms with Crippen molar-refractivity contribution in [2.24, 2.45) is 0 Å². The second-order valence-corrected chi connectivity index (χ2v) is 16.0. The molecule has 5 nitrogen and oxygen atoms in total. The molecule has 4 aromatic heterocycles. The third kappa shape index (κ3) is 5.61. The lowest BCUT2D eigenvalue weighted by molar-refractivity contribution is 1.07. The Morgan fingerprint density at radius 2 is 0.833 bits per heavy atom. The zero-order valence-electron chi connectivity index (χ0n) is 32.2. The summed E-state index contributed by atoms with van der Waals surface area (Å²) in [6, 6.07) is 70.1. The summed E-state index contributed by atoms with van der Waals surface area (Å²) in [5, 5.41) is 6.13. The fourth-order valence-corrected chi connectivity index (χ4v) is 9.87. The van der Waals surface area contributed by atoms with E-state index in [1.54, 1.807) is 11.3 Å². The highest BCUT2D eigenvalue weighted by Crippen LogP contribution is 2.44. The van der Waals surface area contributed by atoms with Gasteiger partial charge in [-0.25, -0.2) is 19.9 Å². The van der Waals surface area contributed by atoms with Gasteiger partial charge in [0.1, 0.15) is 0 Å². The van der Waals surface area contributed by atoms with Gasteiger partial charge in [-0.1, -0.05) is 158 Å². The van der Waals surface area contributed by atoms with Crippen molar-refractivity contribution in [1.82, 2.24) is 24.5 Å². The van der Waals surface area contributed by atoms with Crippen LogP contribution in [-0.4, -0.2) is 24.5 Å². The van der Waals surface area contributed by atoms with Gasteiger partial charge in [-0.05, 0) is 48.0 Å². The first kappa shape index (κ1) is 34.3. The molecule has 60 heavy (non-hydrogen) atoms. The normalized spacial score (nSPS) is 11.7. The first-order chi connectivity index (χ1) is 29.7. The van der Waals surface area contributed by atoms with E-state index in [0.29, 0.717) is 17.5 Å². The summed E-state index contributed by atoms with van der Waals surface area (Å²) in [5.74, 6) is 1.86. The number of pyridine rings is 1. The van der Waals surface area contributed by atoms with E-state index < -0.39 is 0 Å². The molecule has 6 heteroatoms. The minimum atomic E-state index is 0.613. The highest BCUT2D eigenvalue weighted by atomic mass is 32.1. The molecular formula is C54H33N5S. The molecule has 12 aromatic rings. The average molecular weight is 784 g/mol. The number of aromatic nitrogens is 5. The van der Waals surface area contributed by atoms with E-state index in [2.05, 4.69) is 174 Å². The van der Waals surface area contributed by atoms with Gasteiger partial charge in [0, 0.05) is 65.1 Å². The maximum atomic E-state index is 5.48. The predicted octanol–water partition coefficient (Wildman–Crippen LogP) is 14.2. The number of benzene rings is 8. The second-order valence-electron chi connectivity index (χ2n) is 15.0. The third-order valence-corrected chi connectivity index (χ3v) is 12.6. The van der Waals surface area contributed by atoms with Gasteiger partial charge < -0.3 is 4.57 Å². The van der Waals surface area contributed by atoms with E-state index in [9.17, 15) is 0 Å². The van der Waals surface area contributed by atoms with Crippen LogP contribution in [0.3, 0.4) is 0 Å². The van der Waals surface area contributed by atoms with Crippen LogP contribution < -0.4 is 0 Å². The highest BCUT2D eigenvalue weighted by molar-refractivity contribution is 7.26. The van der Waals surface area contributed by atoms with Crippen molar-refractivity contribution in [2.45, 2.75) is 0 Å². The number of rotatable bonds is 6. The average Bonchev–Trinajstić information content (AvgIpc) is 3.89. The summed E-state index contributed by atoms with van der Waals surface area (Å²) < 4.78 is 4.75. The molecule has 0 N–H and O–H groups in total. The predicted molar refractivity (Wildman–Crippen MR) is 250 cm³/mol. The van der Waals surface area contributed by atoms with Crippen LogP contribution >= 0.6 is 11.3 Å². The van der Waals surface area contributed by atoms with Gasteiger partial charge in [0.05, 0.1) is 26.9 Å². The highest BCUT2D eigenvalue weighted by Gasteiger charge is 2.19. The van der Waals surface area contributed by atoms with Crippen molar-refractivity contribution in [1.29, 1.82) is 0 Å². The lowest BCUT2D eigenvalue weighted by atomic mass is 9.97. The zero-order chi connectivity index (χ0) is 39.6. The van der Waals surface area contributed by atoms with E-state index in [0.717, 1.165) is 50.3 Å². The van der Waals surface area contributed by atoms with Gasteiger partial charge in [-0.3, -0.25) is 0 Å². The van der Waals surface area contributed by atoms with Crippen LogP contribution in [0.15, 0.2) is 200 Å². The lowest BCUT2D eigenvalue weighted by Gasteiger charge is -2.12. The number of hydrogen-bond donors (Lipinski definition) is 0. The van der Waals surface area contributed by atoms with Crippen LogP contribution in [-0.2, 0) is 0 Å². The molecular weight excluding hydrogens is 751 g/mol. The fraction of sp³-hybridized carbons (Fsp3) is 0. The SMILES string of the molecule is c1ccc(-c2nc(-c3ccc(-c4nc5c(-c6ccccc6)cccc5c5c4sc4ccccc45)cc3)nc(-c3ccc(-n4c5ccccc5c5ccccc54)cc3)n2)cc1. The second kappa shape index (κ2) is 13.9. The van der Waals surface area contributed by atoms with Crippen LogP contribution in [0.4, 0.5) is 0 Å². The number of fused-ring (bicyclic) bond motifs is 8. The molecule has 280 valence electrons. The number of nitrogens with zero attached hydrogens (tertiary/aromatic N) is 5. The molecule has 0 saturated heterocycles. The molecule has 8 aromatic carbocycles. The Hall–Kier alpha value is -7.80. The van der Waals surface area contributed by atoms with Crippen molar-refractivity contribution >= 4 is 64.2 Å². The monoisotopic (exact) mass is 783 g/mol. The van der Waals surface area contributed by atoms with E-state index >= 15 is 0 Å². The molecule has 0 unspecified atom stereocenters. The zero-order valence-corrected chi connectivity index (χ0v) is 33.0. The summed E-state index contributed by atoms with van der Waals surface area (Å²) in [4.78, 5) is 20.7. The molecule has 0 spiro atoms. The van der Waals surface area contributed by atoms with Gasteiger partial charge in [-0.15, -0.1) is 11.3 Å². The number of para-hydroxylation sites is 3. The Labute approximate surface area is 349 Å². The molecule has 0 aliphatic carbocycles. The first-order valence-electron chi connectivity index (χ1n) is 20.1. The molecule has 4 heterocycles. The summed E-state index contributed by atoms with van der Waals surface area (Å²) in [7, 11) is 0. The summed E-state index contributed by atoms with van der Waals surface area (Å²) in [6.45, 7) is 0. The molecule has 0 bridgehead atoms. The Balaban J connectivity index is 0.978. The maximum Gasteiger partial charge on any atom is 0.164 e. The van der Waals surface area contributed by atoms with Crippen LogP contribution in [0, 0.1) is 0 Å². The van der Waals surface area contributed by atoms with Crippen molar-refractivity contribution in [3.8, 4) is 62.2 Å². The first-order valence-corrected chi connectivity index (χ1v) is 20.9. The molecule has 12 rings (SSSR count). The van der Waals surface area contributed by atoms with Crippen LogP contribution in [0.5, 0.6) is 0 Å². The van der Waals surface area contributed by atoms with Gasteiger partial charge in [0.2, 0.25) is 0 Å². The van der Waals surface area contributed by atoms with Crippen molar-refractivity contribution < 1.29 is 0 Å². The standard InChI is InChI=1S/C54H33N5S/c1-3-14-34(15-4-1)40-21-13-22-44-48-43-20-9-12-25-47(43)60-51(48)49(55-50(40)44)35-26-28-37(29-27-35)53-56-52(36-16-5-2-6-17-36)57-54(58-53)38-30-32-39(33-31-38)59-45-23-10-7-18-41(45)42-19-8-11-24-46(42)59/h1-33H. The minimum Gasteiger partial charge on any atom is -0.309 e. The number of hydrogen-bond acceptors (Lipinski definition) is 5. The van der Waals surface area contributed by atoms with Crippen LogP contribution in [0.1, 0.15) is 0 Å². The third-order valence-electron chi connectivity index (χ3n) is 11.5. The van der Waals surface area contributed by atoms with Crippen LogP contribution in [0.2, 0.25) is 0 Å². The molecule has 0 amide bonds. The molecule has 0 fully saturated rings.